The molecular weight excluding hydrogens is 481 g/mol. The van der Waals surface area contributed by atoms with Crippen LogP contribution in [0.5, 0.6) is 11.5 Å². The highest BCUT2D eigenvalue weighted by atomic mass is 127. The van der Waals surface area contributed by atoms with Gasteiger partial charge in [0.15, 0.2) is 5.96 Å². The van der Waals surface area contributed by atoms with Gasteiger partial charge in [-0.05, 0) is 63.9 Å². The quantitative estimate of drug-likeness (QED) is 0.321. The van der Waals surface area contributed by atoms with Gasteiger partial charge in [-0.25, -0.2) is 0 Å². The summed E-state index contributed by atoms with van der Waals surface area (Å²) in [4.78, 5) is 4.32. The molecule has 0 radical (unpaired) electrons. The number of guanidine groups is 1. The standard InChI is InChI=1S/C21H33N5O2.HI/c1-14(12-20-16(3)25-26(6)17(20)4)24-21(22-5)23-13-15(2)28-19-10-8-18(27-7)9-11-19;/h8-11,14-15H,12-13H2,1-7H3,(H2,22,23,24);1H. The largest absolute Gasteiger partial charge is 0.497 e. The van der Waals surface area contributed by atoms with Gasteiger partial charge in [0.2, 0.25) is 0 Å². The molecule has 2 N–H and O–H groups in total. The molecule has 2 aromatic rings. The summed E-state index contributed by atoms with van der Waals surface area (Å²) in [6.07, 6.45) is 0.884. The number of methoxy groups -OCH3 is 1. The highest BCUT2D eigenvalue weighted by Gasteiger charge is 2.14. The van der Waals surface area contributed by atoms with Crippen molar-refractivity contribution < 1.29 is 9.47 Å². The van der Waals surface area contributed by atoms with Crippen LogP contribution in [0.4, 0.5) is 0 Å². The molecule has 2 atom stereocenters. The van der Waals surface area contributed by atoms with Crippen LogP contribution in [0.2, 0.25) is 0 Å². The summed E-state index contributed by atoms with van der Waals surface area (Å²) in [6, 6.07) is 7.82. The molecule has 0 aliphatic rings. The molecule has 2 rings (SSSR count). The monoisotopic (exact) mass is 515 g/mol. The van der Waals surface area contributed by atoms with Crippen molar-refractivity contribution >= 4 is 29.9 Å². The van der Waals surface area contributed by atoms with Gasteiger partial charge in [0, 0.05) is 25.8 Å². The molecule has 0 saturated heterocycles. The number of aryl methyl sites for hydroxylation is 2. The minimum atomic E-state index is -0.00920. The van der Waals surface area contributed by atoms with Crippen molar-refractivity contribution in [3.05, 3.63) is 41.2 Å². The Balaban J connectivity index is 0.00000420. The van der Waals surface area contributed by atoms with E-state index >= 15 is 0 Å². The molecule has 0 fully saturated rings. The molecule has 0 amide bonds. The Hall–Kier alpha value is -1.97. The Bertz CT molecular complexity index is 789. The third-order valence-electron chi connectivity index (χ3n) is 4.73. The number of nitrogens with zero attached hydrogens (tertiary/aromatic N) is 3. The lowest BCUT2D eigenvalue weighted by molar-refractivity contribution is 0.223. The third kappa shape index (κ3) is 7.41. The number of ether oxygens (including phenoxy) is 2. The molecule has 1 aromatic carbocycles. The Morgan fingerprint density at radius 2 is 1.79 bits per heavy atom. The van der Waals surface area contributed by atoms with Crippen LogP contribution in [0.1, 0.15) is 30.8 Å². The Kier molecular flexibility index (Phi) is 10.3. The molecule has 162 valence electrons. The maximum absolute atomic E-state index is 5.93. The normalized spacial score (nSPS) is 13.3. The number of nitrogens with one attached hydrogen (secondary N) is 2. The van der Waals surface area contributed by atoms with E-state index in [1.54, 1.807) is 14.2 Å². The number of halogens is 1. The Labute approximate surface area is 191 Å². The zero-order chi connectivity index (χ0) is 20.7. The van der Waals surface area contributed by atoms with E-state index in [2.05, 4.69) is 41.5 Å². The zero-order valence-electron chi connectivity index (χ0n) is 18.4. The summed E-state index contributed by atoms with van der Waals surface area (Å²) < 4.78 is 13.0. The highest BCUT2D eigenvalue weighted by molar-refractivity contribution is 14.0. The SMILES string of the molecule is CN=C(NCC(C)Oc1ccc(OC)cc1)NC(C)Cc1c(C)nn(C)c1C.I. The van der Waals surface area contributed by atoms with Gasteiger partial charge in [0.1, 0.15) is 17.6 Å². The van der Waals surface area contributed by atoms with Crippen LogP contribution in [0.25, 0.3) is 0 Å². The molecular formula is C21H34IN5O2. The summed E-state index contributed by atoms with van der Waals surface area (Å²) in [7, 11) is 5.41. The van der Waals surface area contributed by atoms with E-state index < -0.39 is 0 Å². The van der Waals surface area contributed by atoms with Crippen LogP contribution < -0.4 is 20.1 Å². The summed E-state index contributed by atoms with van der Waals surface area (Å²) >= 11 is 0. The third-order valence-corrected chi connectivity index (χ3v) is 4.73. The van der Waals surface area contributed by atoms with E-state index in [0.717, 1.165) is 29.6 Å². The first-order valence-electron chi connectivity index (χ1n) is 9.61. The number of benzene rings is 1. The molecule has 0 aliphatic heterocycles. The second kappa shape index (κ2) is 11.9. The first-order valence-corrected chi connectivity index (χ1v) is 9.61. The van der Waals surface area contributed by atoms with Gasteiger partial charge in [-0.15, -0.1) is 24.0 Å². The molecule has 2 unspecified atom stereocenters. The molecule has 1 heterocycles. The second-order valence-electron chi connectivity index (χ2n) is 7.08. The molecule has 0 bridgehead atoms. The average molecular weight is 515 g/mol. The van der Waals surface area contributed by atoms with Crippen molar-refractivity contribution in [3.8, 4) is 11.5 Å². The minimum Gasteiger partial charge on any atom is -0.497 e. The number of aromatic nitrogens is 2. The van der Waals surface area contributed by atoms with E-state index in [4.69, 9.17) is 9.47 Å². The van der Waals surface area contributed by atoms with Gasteiger partial charge in [-0.2, -0.15) is 5.10 Å². The summed E-state index contributed by atoms with van der Waals surface area (Å²) in [5, 5.41) is 11.3. The van der Waals surface area contributed by atoms with Crippen LogP contribution in [-0.4, -0.2) is 48.6 Å². The number of aliphatic imine (C=N–C) groups is 1. The average Bonchev–Trinajstić information content (AvgIpc) is 2.91. The van der Waals surface area contributed by atoms with Crippen molar-refractivity contribution in [2.45, 2.75) is 46.3 Å². The lowest BCUT2D eigenvalue weighted by Crippen LogP contribution is -2.45. The lowest BCUT2D eigenvalue weighted by Gasteiger charge is -2.21. The van der Waals surface area contributed by atoms with E-state index in [9.17, 15) is 0 Å². The minimum absolute atomic E-state index is 0. The fourth-order valence-electron chi connectivity index (χ4n) is 3.07. The number of rotatable bonds is 8. The van der Waals surface area contributed by atoms with Crippen molar-refractivity contribution in [1.82, 2.24) is 20.4 Å². The summed E-state index contributed by atoms with van der Waals surface area (Å²) in [5.74, 6) is 2.39. The van der Waals surface area contributed by atoms with E-state index in [1.807, 2.05) is 42.9 Å². The molecule has 7 nitrogen and oxygen atoms in total. The van der Waals surface area contributed by atoms with Crippen LogP contribution in [0.15, 0.2) is 29.3 Å². The summed E-state index contributed by atoms with van der Waals surface area (Å²) in [6.45, 7) is 8.98. The predicted octanol–water partition coefficient (Wildman–Crippen LogP) is 3.23. The molecule has 0 saturated carbocycles. The van der Waals surface area contributed by atoms with Crippen LogP contribution in [-0.2, 0) is 13.5 Å². The molecule has 29 heavy (non-hydrogen) atoms. The van der Waals surface area contributed by atoms with Crippen LogP contribution in [0, 0.1) is 13.8 Å². The lowest BCUT2D eigenvalue weighted by atomic mass is 10.1. The van der Waals surface area contributed by atoms with Gasteiger partial charge < -0.3 is 20.1 Å². The molecule has 8 heteroatoms. The van der Waals surface area contributed by atoms with Crippen molar-refractivity contribution in [2.24, 2.45) is 12.0 Å². The molecule has 0 aliphatic carbocycles. The van der Waals surface area contributed by atoms with E-state index in [1.165, 1.54) is 11.3 Å². The van der Waals surface area contributed by atoms with Gasteiger partial charge in [0.25, 0.3) is 0 Å². The fraction of sp³-hybridized carbons (Fsp3) is 0.524. The fourth-order valence-corrected chi connectivity index (χ4v) is 3.07. The maximum atomic E-state index is 5.93. The van der Waals surface area contributed by atoms with Gasteiger partial charge in [-0.1, -0.05) is 0 Å². The second-order valence-corrected chi connectivity index (χ2v) is 7.08. The maximum Gasteiger partial charge on any atom is 0.191 e. The highest BCUT2D eigenvalue weighted by Crippen LogP contribution is 2.18. The van der Waals surface area contributed by atoms with Crippen molar-refractivity contribution in [2.75, 3.05) is 20.7 Å². The predicted molar refractivity (Wildman–Crippen MR) is 129 cm³/mol. The van der Waals surface area contributed by atoms with Crippen molar-refractivity contribution in [3.63, 3.8) is 0 Å². The first kappa shape index (κ1) is 25.1. The zero-order valence-corrected chi connectivity index (χ0v) is 20.8. The topological polar surface area (TPSA) is 72.7 Å². The smallest absolute Gasteiger partial charge is 0.191 e. The van der Waals surface area contributed by atoms with Crippen LogP contribution >= 0.6 is 24.0 Å². The summed E-state index contributed by atoms with van der Waals surface area (Å²) in [5.41, 5.74) is 3.57. The van der Waals surface area contributed by atoms with Crippen molar-refractivity contribution in [1.29, 1.82) is 0 Å². The van der Waals surface area contributed by atoms with Crippen LogP contribution in [0.3, 0.4) is 0 Å². The van der Waals surface area contributed by atoms with E-state index in [-0.39, 0.29) is 36.1 Å². The van der Waals surface area contributed by atoms with Gasteiger partial charge in [0.05, 0.1) is 19.3 Å². The van der Waals surface area contributed by atoms with Gasteiger partial charge in [-0.3, -0.25) is 9.67 Å². The molecule has 1 aromatic heterocycles. The molecule has 0 spiro atoms. The Morgan fingerprint density at radius 3 is 2.31 bits per heavy atom. The van der Waals surface area contributed by atoms with E-state index in [0.29, 0.717) is 6.54 Å². The Morgan fingerprint density at radius 1 is 1.17 bits per heavy atom. The first-order chi connectivity index (χ1) is 13.3. The van der Waals surface area contributed by atoms with Gasteiger partial charge >= 0.3 is 0 Å². The number of hydrogen-bond donors (Lipinski definition) is 2. The number of hydrogen-bond acceptors (Lipinski definition) is 4.